The van der Waals surface area contributed by atoms with E-state index < -0.39 is 11.6 Å². The molecule has 0 aliphatic carbocycles. The van der Waals surface area contributed by atoms with Crippen LogP contribution in [0.1, 0.15) is 24.8 Å². The molecule has 0 bridgehead atoms. The van der Waals surface area contributed by atoms with Crippen LogP contribution in [-0.2, 0) is 6.61 Å². The first-order chi connectivity index (χ1) is 9.15. The molecule has 1 aliphatic heterocycles. The van der Waals surface area contributed by atoms with Crippen LogP contribution in [0.15, 0.2) is 12.1 Å². The third kappa shape index (κ3) is 3.22. The van der Waals surface area contributed by atoms with Gasteiger partial charge in [0, 0.05) is 19.7 Å². The molecule has 1 fully saturated rings. The number of benzene rings is 1. The zero-order valence-electron chi connectivity index (χ0n) is 10.8. The fraction of sp³-hybridized carbons (Fsp3) is 0.571. The van der Waals surface area contributed by atoms with Crippen LogP contribution < -0.4 is 4.90 Å². The molecule has 1 unspecified atom stereocenters. The van der Waals surface area contributed by atoms with E-state index in [-0.39, 0.29) is 30.4 Å². The molecule has 1 aliphatic rings. The number of hydrogen-bond donors (Lipinski definition) is 2. The van der Waals surface area contributed by atoms with Gasteiger partial charge >= 0.3 is 0 Å². The van der Waals surface area contributed by atoms with Gasteiger partial charge in [0.05, 0.1) is 6.61 Å². The van der Waals surface area contributed by atoms with Gasteiger partial charge in [-0.1, -0.05) is 0 Å². The first kappa shape index (κ1) is 14.2. The molecule has 1 aromatic rings. The second-order valence-electron chi connectivity index (χ2n) is 5.03. The number of piperidine rings is 1. The molecule has 106 valence electrons. The summed E-state index contributed by atoms with van der Waals surface area (Å²) in [7, 11) is 0. The quantitative estimate of drug-likeness (QED) is 0.881. The van der Waals surface area contributed by atoms with Gasteiger partial charge in [0.15, 0.2) is 0 Å². The van der Waals surface area contributed by atoms with Crippen molar-refractivity contribution in [2.75, 3.05) is 24.6 Å². The van der Waals surface area contributed by atoms with Crippen molar-refractivity contribution in [1.29, 1.82) is 0 Å². The predicted octanol–water partition coefficient (Wildman–Crippen LogP) is 2.06. The van der Waals surface area contributed by atoms with E-state index in [9.17, 15) is 8.78 Å². The lowest BCUT2D eigenvalue weighted by molar-refractivity contribution is 0.243. The van der Waals surface area contributed by atoms with Crippen molar-refractivity contribution in [2.45, 2.75) is 25.9 Å². The summed E-state index contributed by atoms with van der Waals surface area (Å²) in [6.07, 6.45) is 2.51. The summed E-state index contributed by atoms with van der Waals surface area (Å²) in [4.78, 5) is 1.70. The van der Waals surface area contributed by atoms with Crippen molar-refractivity contribution in [3.63, 3.8) is 0 Å². The smallest absolute Gasteiger partial charge is 0.149 e. The number of aliphatic hydroxyl groups excluding tert-OH is 2. The molecule has 1 heterocycles. The minimum Gasteiger partial charge on any atom is -0.396 e. The van der Waals surface area contributed by atoms with Crippen LogP contribution in [-0.4, -0.2) is 29.9 Å². The predicted molar refractivity (Wildman–Crippen MR) is 68.9 cm³/mol. The van der Waals surface area contributed by atoms with Crippen LogP contribution in [0, 0.1) is 17.6 Å². The highest BCUT2D eigenvalue weighted by Gasteiger charge is 2.24. The van der Waals surface area contributed by atoms with Gasteiger partial charge < -0.3 is 15.1 Å². The lowest BCUT2D eigenvalue weighted by Crippen LogP contribution is -2.37. The molecule has 0 radical (unpaired) electrons. The minimum atomic E-state index is -0.631. The second-order valence-corrected chi connectivity index (χ2v) is 5.03. The average molecular weight is 271 g/mol. The summed E-state index contributed by atoms with van der Waals surface area (Å²) in [5.74, 6) is -0.988. The number of anilines is 1. The Bertz CT molecular complexity index is 414. The molecule has 5 heteroatoms. The molecule has 2 rings (SSSR count). The monoisotopic (exact) mass is 271 g/mol. The van der Waals surface area contributed by atoms with Gasteiger partial charge in [0.1, 0.15) is 17.3 Å². The van der Waals surface area contributed by atoms with Crippen molar-refractivity contribution in [3.8, 4) is 0 Å². The SMILES string of the molecule is OCCC1CCCN(c2c(F)cc(CO)cc2F)C1. The average Bonchev–Trinajstić information content (AvgIpc) is 2.38. The van der Waals surface area contributed by atoms with Crippen molar-refractivity contribution in [2.24, 2.45) is 5.92 Å². The number of nitrogens with zero attached hydrogens (tertiary/aromatic N) is 1. The van der Waals surface area contributed by atoms with E-state index in [4.69, 9.17) is 10.2 Å². The number of rotatable bonds is 4. The molecule has 1 saturated heterocycles. The maximum Gasteiger partial charge on any atom is 0.149 e. The van der Waals surface area contributed by atoms with Crippen LogP contribution in [0.3, 0.4) is 0 Å². The number of aliphatic hydroxyl groups is 2. The maximum absolute atomic E-state index is 14.0. The highest BCUT2D eigenvalue weighted by atomic mass is 19.1. The number of hydrogen-bond acceptors (Lipinski definition) is 3. The fourth-order valence-electron chi connectivity index (χ4n) is 2.70. The molecule has 0 saturated carbocycles. The molecule has 1 aromatic carbocycles. The van der Waals surface area contributed by atoms with Crippen molar-refractivity contribution in [3.05, 3.63) is 29.3 Å². The van der Waals surface area contributed by atoms with Gasteiger partial charge in [0.2, 0.25) is 0 Å². The van der Waals surface area contributed by atoms with Gasteiger partial charge in [-0.25, -0.2) is 8.78 Å². The highest BCUT2D eigenvalue weighted by Crippen LogP contribution is 2.30. The van der Waals surface area contributed by atoms with Crippen molar-refractivity contribution in [1.82, 2.24) is 0 Å². The van der Waals surface area contributed by atoms with Crippen LogP contribution in [0.2, 0.25) is 0 Å². The van der Waals surface area contributed by atoms with Crippen LogP contribution in [0.25, 0.3) is 0 Å². The standard InChI is InChI=1S/C14H19F2NO2/c15-12-6-11(9-19)7-13(16)14(12)17-4-1-2-10(8-17)3-5-18/h6-7,10,18-19H,1-5,8-9H2. The zero-order chi connectivity index (χ0) is 13.8. The Balaban J connectivity index is 2.21. The zero-order valence-corrected chi connectivity index (χ0v) is 10.8. The molecule has 19 heavy (non-hydrogen) atoms. The largest absolute Gasteiger partial charge is 0.396 e. The molecule has 0 amide bonds. The second kappa shape index (κ2) is 6.30. The third-order valence-corrected chi connectivity index (χ3v) is 3.63. The summed E-state index contributed by atoms with van der Waals surface area (Å²) in [5.41, 5.74) is 0.225. The lowest BCUT2D eigenvalue weighted by Gasteiger charge is -2.34. The first-order valence-corrected chi connectivity index (χ1v) is 6.60. The molecule has 0 spiro atoms. The Morgan fingerprint density at radius 1 is 1.21 bits per heavy atom. The molecule has 2 N–H and O–H groups in total. The third-order valence-electron chi connectivity index (χ3n) is 3.63. The minimum absolute atomic E-state index is 0.0140. The molecular weight excluding hydrogens is 252 g/mol. The van der Waals surface area contributed by atoms with Gasteiger partial charge in [-0.15, -0.1) is 0 Å². The van der Waals surface area contributed by atoms with E-state index >= 15 is 0 Å². The summed E-state index contributed by atoms with van der Waals surface area (Å²) >= 11 is 0. The molecule has 0 aromatic heterocycles. The summed E-state index contributed by atoms with van der Waals surface area (Å²) in [6.45, 7) is 0.912. The summed E-state index contributed by atoms with van der Waals surface area (Å²) in [6, 6.07) is 2.35. The Hall–Kier alpha value is -1.20. The molecule has 3 nitrogen and oxygen atoms in total. The molecular formula is C14H19F2NO2. The maximum atomic E-state index is 14.0. The van der Waals surface area contributed by atoms with Crippen LogP contribution in [0.5, 0.6) is 0 Å². The van der Waals surface area contributed by atoms with Gasteiger partial charge in [0.25, 0.3) is 0 Å². The highest BCUT2D eigenvalue weighted by molar-refractivity contribution is 5.51. The van der Waals surface area contributed by atoms with E-state index in [1.54, 1.807) is 4.90 Å². The normalized spacial score (nSPS) is 19.8. The Kier molecular flexibility index (Phi) is 4.71. The van der Waals surface area contributed by atoms with Gasteiger partial charge in [-0.2, -0.15) is 0 Å². The van der Waals surface area contributed by atoms with E-state index in [1.807, 2.05) is 0 Å². The Morgan fingerprint density at radius 2 is 1.89 bits per heavy atom. The first-order valence-electron chi connectivity index (χ1n) is 6.60. The Labute approximate surface area is 111 Å². The fourth-order valence-corrected chi connectivity index (χ4v) is 2.70. The van der Waals surface area contributed by atoms with Gasteiger partial charge in [-0.05, 0) is 42.9 Å². The summed E-state index contributed by atoms with van der Waals surface area (Å²) in [5, 5.41) is 17.9. The van der Waals surface area contributed by atoms with E-state index in [0.29, 0.717) is 19.5 Å². The van der Waals surface area contributed by atoms with Crippen LogP contribution in [0.4, 0.5) is 14.5 Å². The van der Waals surface area contributed by atoms with Crippen molar-refractivity contribution < 1.29 is 19.0 Å². The van der Waals surface area contributed by atoms with E-state index in [0.717, 1.165) is 12.8 Å². The van der Waals surface area contributed by atoms with Crippen LogP contribution >= 0.6 is 0 Å². The topological polar surface area (TPSA) is 43.7 Å². The van der Waals surface area contributed by atoms with E-state index in [2.05, 4.69) is 0 Å². The number of halogens is 2. The molecule has 1 atom stereocenters. The Morgan fingerprint density at radius 3 is 2.47 bits per heavy atom. The summed E-state index contributed by atoms with van der Waals surface area (Å²) < 4.78 is 27.9. The lowest BCUT2D eigenvalue weighted by atomic mass is 9.94. The van der Waals surface area contributed by atoms with Crippen molar-refractivity contribution >= 4 is 5.69 Å². The van der Waals surface area contributed by atoms with Gasteiger partial charge in [-0.3, -0.25) is 0 Å². The van der Waals surface area contributed by atoms with E-state index in [1.165, 1.54) is 12.1 Å².